The molecule has 1 N–H and O–H groups in total. The molecule has 0 spiro atoms. The molecule has 2 aliphatic heterocycles. The average Bonchev–Trinajstić information content (AvgIpc) is 3.64. The lowest BCUT2D eigenvalue weighted by molar-refractivity contribution is -0.133. The maximum Gasteiger partial charge on any atom is 0.244 e. The number of hydrogen-bond donors (Lipinski definition) is 1. The Labute approximate surface area is 346 Å². The van der Waals surface area contributed by atoms with Crippen LogP contribution in [0.1, 0.15) is 47.5 Å². The first-order chi connectivity index (χ1) is 26.6. The number of nitrogens with zero attached hydrogens (tertiary/aromatic N) is 8. The normalized spacial score (nSPS) is 15.0. The molecule has 56 heavy (non-hydrogen) atoms. The van der Waals surface area contributed by atoms with Gasteiger partial charge in [0.1, 0.15) is 36.0 Å². The third kappa shape index (κ3) is 9.83. The van der Waals surface area contributed by atoms with Crippen LogP contribution in [0.4, 0.5) is 11.4 Å². The topological polar surface area (TPSA) is 138 Å². The van der Waals surface area contributed by atoms with E-state index in [1.165, 1.54) is 11.6 Å². The number of aromatic nitrogens is 4. The average molecular weight is 853 g/mol. The van der Waals surface area contributed by atoms with Crippen LogP contribution in [-0.2, 0) is 22.7 Å². The molecule has 2 aliphatic rings. The molecule has 14 nitrogen and oxygen atoms in total. The zero-order valence-electron chi connectivity index (χ0n) is 32.2. The number of amides is 2. The summed E-state index contributed by atoms with van der Waals surface area (Å²) < 4.78 is 13.6. The number of carbonyl (C=O) groups is 3. The highest BCUT2D eigenvalue weighted by Gasteiger charge is 2.26. The van der Waals surface area contributed by atoms with E-state index in [1.807, 2.05) is 41.3 Å². The highest BCUT2D eigenvalue weighted by Crippen LogP contribution is 2.31. The van der Waals surface area contributed by atoms with Crippen molar-refractivity contribution in [3.63, 3.8) is 0 Å². The Morgan fingerprint density at radius 3 is 1.46 bits per heavy atom. The fourth-order valence-corrected chi connectivity index (χ4v) is 7.40. The SMILES string of the molecule is COc1cc(N2CCN(C(=O)Cn3nc(C(C)=O)c(Cl)c3C)CC2)ccc1Cl.COc1cc(N2CCN(C(=O)Cn3nc(C(C)O)c(Cl)c3C)CC2)ccc1Cl. The van der Waals surface area contributed by atoms with Crippen molar-refractivity contribution in [3.8, 4) is 11.5 Å². The molecule has 4 heterocycles. The Morgan fingerprint density at radius 2 is 1.11 bits per heavy atom. The molecule has 6 rings (SSSR count). The predicted octanol–water partition coefficient (Wildman–Crippen LogP) is 5.97. The van der Waals surface area contributed by atoms with Gasteiger partial charge in [-0.1, -0.05) is 46.4 Å². The van der Waals surface area contributed by atoms with Crippen LogP contribution in [0.3, 0.4) is 0 Å². The molecule has 2 amide bonds. The van der Waals surface area contributed by atoms with Gasteiger partial charge in [-0.15, -0.1) is 0 Å². The number of carbonyl (C=O) groups excluding carboxylic acids is 3. The standard InChI is InChI=1S/C19H24Cl2N4O3.C19H22Cl2N4O3/c2*1-12-18(21)19(13(2)26)22-25(12)11-17(27)24-8-6-23(7-9-24)14-4-5-15(20)16(10-14)28-3/h4-5,10,13,26H,6-9,11H2,1-3H3;4-5,10H,6-9,11H2,1-3H3. The van der Waals surface area contributed by atoms with Gasteiger partial charge in [0.25, 0.3) is 0 Å². The van der Waals surface area contributed by atoms with Crippen molar-refractivity contribution < 1.29 is 29.0 Å². The van der Waals surface area contributed by atoms with E-state index in [0.29, 0.717) is 101 Å². The smallest absolute Gasteiger partial charge is 0.244 e. The summed E-state index contributed by atoms with van der Waals surface area (Å²) in [6.07, 6.45) is -0.775. The number of anilines is 2. The number of benzene rings is 2. The lowest BCUT2D eigenvalue weighted by Crippen LogP contribution is -2.49. The number of hydrogen-bond acceptors (Lipinski definition) is 10. The quantitative estimate of drug-likeness (QED) is 0.190. The second-order valence-electron chi connectivity index (χ2n) is 13.5. The lowest BCUT2D eigenvalue weighted by atomic mass is 10.2. The van der Waals surface area contributed by atoms with Crippen molar-refractivity contribution >= 4 is 75.4 Å². The number of piperazine rings is 2. The summed E-state index contributed by atoms with van der Waals surface area (Å²) in [4.78, 5) is 45.0. The molecule has 4 aromatic rings. The molecule has 0 radical (unpaired) electrons. The molecule has 0 bridgehead atoms. The van der Waals surface area contributed by atoms with Crippen LogP contribution < -0.4 is 19.3 Å². The molecule has 1 atom stereocenters. The predicted molar refractivity (Wildman–Crippen MR) is 218 cm³/mol. The first-order valence-corrected chi connectivity index (χ1v) is 19.5. The molecule has 18 heteroatoms. The van der Waals surface area contributed by atoms with Crippen LogP contribution in [0.2, 0.25) is 20.1 Å². The first-order valence-electron chi connectivity index (χ1n) is 18.0. The van der Waals surface area contributed by atoms with E-state index in [0.717, 1.165) is 11.4 Å². The summed E-state index contributed by atoms with van der Waals surface area (Å²) in [5.74, 6) is 0.979. The van der Waals surface area contributed by atoms with Crippen LogP contribution in [-0.4, -0.2) is 119 Å². The van der Waals surface area contributed by atoms with Crippen molar-refractivity contribution in [2.24, 2.45) is 0 Å². The minimum absolute atomic E-state index is 0.0206. The van der Waals surface area contributed by atoms with Gasteiger partial charge in [-0.25, -0.2) is 0 Å². The highest BCUT2D eigenvalue weighted by molar-refractivity contribution is 6.34. The van der Waals surface area contributed by atoms with E-state index < -0.39 is 6.10 Å². The highest BCUT2D eigenvalue weighted by atomic mass is 35.5. The Morgan fingerprint density at radius 1 is 0.696 bits per heavy atom. The van der Waals surface area contributed by atoms with Gasteiger partial charge < -0.3 is 34.2 Å². The molecule has 2 saturated heterocycles. The summed E-state index contributed by atoms with van der Waals surface area (Å²) in [5, 5.41) is 20.1. The van der Waals surface area contributed by atoms with Crippen molar-refractivity contribution in [2.75, 3.05) is 76.4 Å². The van der Waals surface area contributed by atoms with E-state index in [4.69, 9.17) is 55.9 Å². The molecule has 302 valence electrons. The van der Waals surface area contributed by atoms with Gasteiger partial charge in [-0.3, -0.25) is 23.7 Å². The minimum atomic E-state index is -0.775. The van der Waals surface area contributed by atoms with Crippen molar-refractivity contribution in [1.29, 1.82) is 0 Å². The van der Waals surface area contributed by atoms with Crippen LogP contribution in [0, 0.1) is 13.8 Å². The Hall–Kier alpha value is -4.21. The molecule has 0 aliphatic carbocycles. The fourth-order valence-electron chi connectivity index (χ4n) is 6.45. The summed E-state index contributed by atoms with van der Waals surface area (Å²) in [7, 11) is 3.18. The van der Waals surface area contributed by atoms with E-state index >= 15 is 0 Å². The van der Waals surface area contributed by atoms with Crippen molar-refractivity contribution in [1.82, 2.24) is 29.4 Å². The molecule has 2 aromatic heterocycles. The van der Waals surface area contributed by atoms with Gasteiger partial charge in [0.05, 0.1) is 51.8 Å². The summed E-state index contributed by atoms with van der Waals surface area (Å²) >= 11 is 24.5. The fraction of sp³-hybridized carbons (Fsp3) is 0.447. The van der Waals surface area contributed by atoms with E-state index in [-0.39, 0.29) is 36.4 Å². The number of ether oxygens (including phenoxy) is 2. The van der Waals surface area contributed by atoms with Crippen molar-refractivity contribution in [3.05, 3.63) is 79.3 Å². The Balaban J connectivity index is 0.000000214. The zero-order valence-corrected chi connectivity index (χ0v) is 35.2. The van der Waals surface area contributed by atoms with Gasteiger partial charge in [0.2, 0.25) is 11.8 Å². The van der Waals surface area contributed by atoms with Crippen LogP contribution in [0.15, 0.2) is 36.4 Å². The Kier molecular flexibility index (Phi) is 14.4. The number of ketones is 1. The number of Topliss-reactive ketones (excluding diaryl/α,β-unsaturated/α-hetero) is 1. The second-order valence-corrected chi connectivity index (χ2v) is 15.0. The van der Waals surface area contributed by atoms with Gasteiger partial charge >= 0.3 is 0 Å². The molecular weight excluding hydrogens is 806 g/mol. The van der Waals surface area contributed by atoms with Crippen LogP contribution in [0.5, 0.6) is 11.5 Å². The molecule has 2 aromatic carbocycles. The summed E-state index contributed by atoms with van der Waals surface area (Å²) in [6.45, 7) is 12.0. The number of aliphatic hydroxyl groups excluding tert-OH is 1. The minimum Gasteiger partial charge on any atom is -0.495 e. The third-order valence-electron chi connectivity index (χ3n) is 9.86. The number of aliphatic hydroxyl groups is 1. The molecule has 2 fully saturated rings. The van der Waals surface area contributed by atoms with E-state index in [2.05, 4.69) is 20.0 Å². The Bertz CT molecular complexity index is 2060. The van der Waals surface area contributed by atoms with E-state index in [9.17, 15) is 19.5 Å². The van der Waals surface area contributed by atoms with Gasteiger partial charge in [0.15, 0.2) is 5.78 Å². The summed E-state index contributed by atoms with van der Waals surface area (Å²) in [5.41, 5.74) is 3.92. The first kappa shape index (κ1) is 42.9. The number of rotatable bonds is 10. The van der Waals surface area contributed by atoms with Gasteiger partial charge in [0, 0.05) is 82.8 Å². The van der Waals surface area contributed by atoms with E-state index in [1.54, 1.807) is 44.6 Å². The largest absolute Gasteiger partial charge is 0.495 e. The molecular formula is C38H46Cl4N8O6. The van der Waals surface area contributed by atoms with Crippen LogP contribution in [0.25, 0.3) is 0 Å². The van der Waals surface area contributed by atoms with Gasteiger partial charge in [-0.05, 0) is 45.0 Å². The maximum atomic E-state index is 12.7. The second kappa shape index (κ2) is 18.8. The lowest BCUT2D eigenvalue weighted by Gasteiger charge is -2.36. The van der Waals surface area contributed by atoms with Crippen molar-refractivity contribution in [2.45, 2.75) is 46.9 Å². The van der Waals surface area contributed by atoms with Crippen LogP contribution >= 0.6 is 46.4 Å². The number of methoxy groups -OCH3 is 2. The number of halogens is 4. The third-order valence-corrected chi connectivity index (χ3v) is 11.4. The molecule has 1 unspecified atom stereocenters. The van der Waals surface area contributed by atoms with Gasteiger partial charge in [-0.2, -0.15) is 10.2 Å². The maximum absolute atomic E-state index is 12.7. The zero-order chi connectivity index (χ0) is 40.8. The monoisotopic (exact) mass is 850 g/mol. The summed E-state index contributed by atoms with van der Waals surface area (Å²) in [6, 6.07) is 11.3. The molecule has 0 saturated carbocycles.